The van der Waals surface area contributed by atoms with Crippen LogP contribution in [0.3, 0.4) is 0 Å². The van der Waals surface area contributed by atoms with E-state index in [4.69, 9.17) is 11.8 Å². The maximum absolute atomic E-state index is 8.96. The Morgan fingerprint density at radius 3 is 2.56 bits per heavy atom. The Morgan fingerprint density at radius 1 is 1.33 bits per heavy atom. The first kappa shape index (κ1) is 12.1. The lowest BCUT2D eigenvalue weighted by atomic mass is 9.82. The van der Waals surface area contributed by atoms with E-state index in [1.807, 2.05) is 30.3 Å². The molecule has 0 spiro atoms. The summed E-state index contributed by atoms with van der Waals surface area (Å²) in [6, 6.07) is 12.1. The Kier molecular flexibility index (Phi) is 3.04. The fraction of sp³-hybridized carbons (Fsp3) is 0.250. The first-order valence-corrected chi connectivity index (χ1v) is 5.87. The summed E-state index contributed by atoms with van der Waals surface area (Å²) in [4.78, 5) is 3.31. The van der Waals surface area contributed by atoms with Crippen LogP contribution >= 0.6 is 0 Å². The van der Waals surface area contributed by atoms with Crippen LogP contribution in [-0.4, -0.2) is 0 Å². The molecular weight excluding hydrogens is 220 g/mol. The summed E-state index contributed by atoms with van der Waals surface area (Å²) in [5.41, 5.74) is 3.42. The maximum Gasteiger partial charge on any atom is 0.265 e. The fourth-order valence-corrected chi connectivity index (χ4v) is 2.40. The molecule has 0 saturated carbocycles. The van der Waals surface area contributed by atoms with Gasteiger partial charge in [-0.05, 0) is 28.5 Å². The Labute approximate surface area is 108 Å². The van der Waals surface area contributed by atoms with Crippen molar-refractivity contribution >= 4 is 5.57 Å². The monoisotopic (exact) mass is 234 g/mol. The van der Waals surface area contributed by atoms with Crippen LogP contribution in [0.4, 0.5) is 0 Å². The van der Waals surface area contributed by atoms with Gasteiger partial charge in [0.1, 0.15) is 0 Å². The summed E-state index contributed by atoms with van der Waals surface area (Å²) < 4.78 is 0. The number of allylic oxidation sites excluding steroid dienone is 4. The summed E-state index contributed by atoms with van der Waals surface area (Å²) in [7, 11) is 0. The van der Waals surface area contributed by atoms with Gasteiger partial charge in [-0.2, -0.15) is 0 Å². The van der Waals surface area contributed by atoms with Crippen LogP contribution in [0.15, 0.2) is 47.7 Å². The molecule has 0 saturated heterocycles. The quantitative estimate of drug-likeness (QED) is 0.528. The highest BCUT2D eigenvalue weighted by atomic mass is 14.7. The minimum Gasteiger partial charge on any atom is -0.226 e. The van der Waals surface area contributed by atoms with Gasteiger partial charge in [0.2, 0.25) is 0 Å². The van der Waals surface area contributed by atoms with E-state index < -0.39 is 0 Å². The topological polar surface area (TPSA) is 28.1 Å². The molecule has 1 aliphatic carbocycles. The molecular formula is C16H14N2. The Bertz CT molecular complexity index is 589. The molecule has 0 fully saturated rings. The molecule has 0 N–H and O–H groups in total. The molecule has 0 atom stereocenters. The van der Waals surface area contributed by atoms with Crippen molar-refractivity contribution in [1.82, 2.24) is 0 Å². The van der Waals surface area contributed by atoms with Gasteiger partial charge in [0.15, 0.2) is 0 Å². The molecule has 88 valence electrons. The zero-order chi connectivity index (χ0) is 13.2. The number of hydrogen-bond acceptors (Lipinski definition) is 1. The van der Waals surface area contributed by atoms with E-state index in [9.17, 15) is 0 Å². The highest BCUT2D eigenvalue weighted by Crippen LogP contribution is 2.47. The SMILES string of the molecule is [C-]#[N+]/C(C#N)=C1/C=C(c2ccccc2)C(C)(C)C1. The lowest BCUT2D eigenvalue weighted by Gasteiger charge is -2.22. The number of nitrogens with zero attached hydrogens (tertiary/aromatic N) is 2. The largest absolute Gasteiger partial charge is 0.265 e. The van der Waals surface area contributed by atoms with Crippen LogP contribution in [0.2, 0.25) is 0 Å². The molecule has 0 heterocycles. The van der Waals surface area contributed by atoms with Crippen molar-refractivity contribution in [3.63, 3.8) is 0 Å². The molecule has 1 aromatic carbocycles. The minimum atomic E-state index is -0.0243. The maximum atomic E-state index is 8.96. The molecule has 2 nitrogen and oxygen atoms in total. The summed E-state index contributed by atoms with van der Waals surface area (Å²) >= 11 is 0. The van der Waals surface area contributed by atoms with Crippen LogP contribution in [0.5, 0.6) is 0 Å². The lowest BCUT2D eigenvalue weighted by Crippen LogP contribution is -2.09. The first-order chi connectivity index (χ1) is 8.58. The molecule has 1 aliphatic rings. The minimum absolute atomic E-state index is 0.0243. The molecule has 18 heavy (non-hydrogen) atoms. The highest BCUT2D eigenvalue weighted by Gasteiger charge is 2.32. The van der Waals surface area contributed by atoms with E-state index >= 15 is 0 Å². The molecule has 0 aromatic heterocycles. The standard InChI is InChI=1S/C16H14N2/c1-16(2)10-13(15(11-17)18-3)9-14(16)12-7-5-4-6-8-12/h4-9H,10H2,1-2H3/b15-13-. The smallest absolute Gasteiger partial charge is 0.226 e. The fourth-order valence-electron chi connectivity index (χ4n) is 2.40. The van der Waals surface area contributed by atoms with E-state index in [1.165, 1.54) is 11.1 Å². The van der Waals surface area contributed by atoms with Crippen molar-refractivity contribution in [2.75, 3.05) is 0 Å². The molecule has 2 rings (SSSR count). The molecule has 0 aliphatic heterocycles. The molecule has 0 amide bonds. The summed E-state index contributed by atoms with van der Waals surface area (Å²) in [6.45, 7) is 11.3. The van der Waals surface area contributed by atoms with Gasteiger partial charge in [0.25, 0.3) is 5.70 Å². The van der Waals surface area contributed by atoms with Crippen LogP contribution in [0, 0.1) is 23.3 Å². The van der Waals surface area contributed by atoms with E-state index in [1.54, 1.807) is 0 Å². The van der Waals surface area contributed by atoms with E-state index in [-0.39, 0.29) is 11.1 Å². The van der Waals surface area contributed by atoms with E-state index in [0.29, 0.717) is 0 Å². The second-order valence-corrected chi connectivity index (χ2v) is 5.08. The van der Waals surface area contributed by atoms with Crippen molar-refractivity contribution in [3.05, 3.63) is 64.7 Å². The zero-order valence-electron chi connectivity index (χ0n) is 10.6. The van der Waals surface area contributed by atoms with Crippen molar-refractivity contribution < 1.29 is 0 Å². The second-order valence-electron chi connectivity index (χ2n) is 5.08. The average molecular weight is 234 g/mol. The third-order valence-electron chi connectivity index (χ3n) is 3.29. The number of rotatable bonds is 1. The predicted molar refractivity (Wildman–Crippen MR) is 72.1 cm³/mol. The van der Waals surface area contributed by atoms with Crippen molar-refractivity contribution in [1.29, 1.82) is 5.26 Å². The van der Waals surface area contributed by atoms with Gasteiger partial charge in [0, 0.05) is 0 Å². The Morgan fingerprint density at radius 2 is 2.00 bits per heavy atom. The van der Waals surface area contributed by atoms with Gasteiger partial charge < -0.3 is 0 Å². The zero-order valence-corrected chi connectivity index (χ0v) is 10.6. The van der Waals surface area contributed by atoms with Crippen LogP contribution in [-0.2, 0) is 0 Å². The highest BCUT2D eigenvalue weighted by molar-refractivity contribution is 5.76. The van der Waals surface area contributed by atoms with Gasteiger partial charge in [-0.25, -0.2) is 10.1 Å². The lowest BCUT2D eigenvalue weighted by molar-refractivity contribution is 0.517. The first-order valence-electron chi connectivity index (χ1n) is 5.87. The molecule has 2 heteroatoms. The van der Waals surface area contributed by atoms with Gasteiger partial charge >= 0.3 is 0 Å². The van der Waals surface area contributed by atoms with Crippen molar-refractivity contribution in [2.45, 2.75) is 20.3 Å². The second kappa shape index (κ2) is 4.51. The molecule has 1 aromatic rings. The number of hydrogen-bond donors (Lipinski definition) is 0. The van der Waals surface area contributed by atoms with Gasteiger partial charge in [0.05, 0.1) is 12.6 Å². The molecule has 0 bridgehead atoms. The van der Waals surface area contributed by atoms with E-state index in [2.05, 4.69) is 30.8 Å². The van der Waals surface area contributed by atoms with Crippen molar-refractivity contribution in [2.24, 2.45) is 5.41 Å². The van der Waals surface area contributed by atoms with Gasteiger partial charge in [-0.15, -0.1) is 0 Å². The van der Waals surface area contributed by atoms with Crippen LogP contribution < -0.4 is 0 Å². The van der Waals surface area contributed by atoms with Crippen molar-refractivity contribution in [3.8, 4) is 6.07 Å². The summed E-state index contributed by atoms with van der Waals surface area (Å²) in [6.07, 6.45) is 2.76. The van der Waals surface area contributed by atoms with Gasteiger partial charge in [-0.3, -0.25) is 0 Å². The van der Waals surface area contributed by atoms with Crippen LogP contribution in [0.1, 0.15) is 25.8 Å². The third-order valence-corrected chi connectivity index (χ3v) is 3.29. The average Bonchev–Trinajstić information content (AvgIpc) is 2.68. The number of benzene rings is 1. The number of nitriles is 1. The van der Waals surface area contributed by atoms with Crippen LogP contribution in [0.25, 0.3) is 10.4 Å². The van der Waals surface area contributed by atoms with E-state index in [0.717, 1.165) is 12.0 Å². The molecule has 0 radical (unpaired) electrons. The van der Waals surface area contributed by atoms with Gasteiger partial charge in [-0.1, -0.05) is 50.3 Å². The third kappa shape index (κ3) is 2.06. The Balaban J connectivity index is 2.55. The normalized spacial score (nSPS) is 19.7. The Hall–Kier alpha value is -2.32. The molecule has 0 unspecified atom stereocenters. The predicted octanol–water partition coefficient (Wildman–Crippen LogP) is 4.20. The summed E-state index contributed by atoms with van der Waals surface area (Å²) in [5.74, 6) is 0. The summed E-state index contributed by atoms with van der Waals surface area (Å²) in [5, 5.41) is 8.96.